The second-order valence-electron chi connectivity index (χ2n) is 10.2. The van der Waals surface area contributed by atoms with Gasteiger partial charge in [0, 0.05) is 13.0 Å². The zero-order valence-corrected chi connectivity index (χ0v) is 22.3. The number of benzene rings is 1. The molecule has 0 unspecified atom stereocenters. The van der Waals surface area contributed by atoms with Crippen LogP contribution in [0.3, 0.4) is 0 Å². The summed E-state index contributed by atoms with van der Waals surface area (Å²) in [7, 11) is 1.34. The van der Waals surface area contributed by atoms with Crippen molar-refractivity contribution in [2.45, 2.75) is 91.0 Å². The highest BCUT2D eigenvalue weighted by Gasteiger charge is 2.46. The summed E-state index contributed by atoms with van der Waals surface area (Å²) in [6.07, 6.45) is 5.93. The van der Waals surface area contributed by atoms with Crippen molar-refractivity contribution in [3.05, 3.63) is 48.0 Å². The van der Waals surface area contributed by atoms with Crippen molar-refractivity contribution in [2.24, 2.45) is 5.92 Å². The van der Waals surface area contributed by atoms with E-state index in [9.17, 15) is 14.4 Å². The Bertz CT molecular complexity index is 877. The minimum absolute atomic E-state index is 0.0693. The van der Waals surface area contributed by atoms with E-state index in [0.717, 1.165) is 12.0 Å². The highest BCUT2D eigenvalue weighted by atomic mass is 16.6. The summed E-state index contributed by atoms with van der Waals surface area (Å²) < 4.78 is 10.8. The average molecular weight is 487 g/mol. The summed E-state index contributed by atoms with van der Waals surface area (Å²) in [5.41, 5.74) is 0.256. The first-order valence-electron chi connectivity index (χ1n) is 12.6. The second kappa shape index (κ2) is 12.8. The Balaban J connectivity index is 2.52. The van der Waals surface area contributed by atoms with Gasteiger partial charge in [-0.05, 0) is 51.5 Å². The molecule has 2 amide bonds. The SMILES string of the molecule is CC/C=C/[C@@H](CC)N(C(=O)[C@H]1[C@H](C)CCN1C(=O)OC(C)(C)C)[C@@H](Cc1ccccc1)C(=O)OC. The Hall–Kier alpha value is -2.83. The first-order valence-corrected chi connectivity index (χ1v) is 12.6. The molecule has 35 heavy (non-hydrogen) atoms. The summed E-state index contributed by atoms with van der Waals surface area (Å²) in [6.45, 7) is 11.9. The molecule has 2 rings (SSSR count). The Kier molecular flexibility index (Phi) is 10.3. The minimum atomic E-state index is -0.824. The molecule has 7 nitrogen and oxygen atoms in total. The lowest BCUT2D eigenvalue weighted by molar-refractivity contribution is -0.156. The van der Waals surface area contributed by atoms with E-state index in [-0.39, 0.29) is 17.9 Å². The van der Waals surface area contributed by atoms with Gasteiger partial charge in [-0.15, -0.1) is 0 Å². The molecular formula is C28H42N2O5. The van der Waals surface area contributed by atoms with E-state index in [4.69, 9.17) is 9.47 Å². The van der Waals surface area contributed by atoms with E-state index in [1.807, 2.05) is 84.0 Å². The molecule has 0 aromatic heterocycles. The number of ether oxygens (including phenoxy) is 2. The standard InChI is InChI=1S/C28H42N2O5/c1-8-10-16-22(9-2)30(23(26(32)34-7)19-21-14-12-11-13-15-21)25(31)24-20(3)17-18-29(24)27(33)35-28(4,5)6/h10-16,20,22-24H,8-9,17-19H2,1-7H3/b16-10+/t20-,22-,23+,24-/m1/s1. The van der Waals surface area contributed by atoms with Crippen LogP contribution in [0, 0.1) is 5.92 Å². The van der Waals surface area contributed by atoms with Crippen molar-refractivity contribution < 1.29 is 23.9 Å². The van der Waals surface area contributed by atoms with E-state index < -0.39 is 29.7 Å². The maximum Gasteiger partial charge on any atom is 0.410 e. The lowest BCUT2D eigenvalue weighted by Gasteiger charge is -2.39. The third kappa shape index (κ3) is 7.58. The van der Waals surface area contributed by atoms with Gasteiger partial charge in [0.1, 0.15) is 17.7 Å². The molecular weight excluding hydrogens is 444 g/mol. The average Bonchev–Trinajstić information content (AvgIpc) is 3.21. The number of methoxy groups -OCH3 is 1. The molecule has 1 aromatic carbocycles. The molecule has 7 heteroatoms. The Morgan fingerprint density at radius 3 is 2.37 bits per heavy atom. The van der Waals surface area contributed by atoms with Crippen LogP contribution >= 0.6 is 0 Å². The lowest BCUT2D eigenvalue weighted by Crippen LogP contribution is -2.58. The number of nitrogens with zero attached hydrogens (tertiary/aromatic N) is 2. The number of hydrogen-bond donors (Lipinski definition) is 0. The molecule has 0 aliphatic carbocycles. The zero-order valence-electron chi connectivity index (χ0n) is 22.3. The number of allylic oxidation sites excluding steroid dienone is 1. The van der Waals surface area contributed by atoms with Gasteiger partial charge in [0.25, 0.3) is 0 Å². The van der Waals surface area contributed by atoms with Crippen LogP contribution in [0.2, 0.25) is 0 Å². The van der Waals surface area contributed by atoms with Crippen LogP contribution in [0.15, 0.2) is 42.5 Å². The number of likely N-dealkylation sites (tertiary alicyclic amines) is 1. The highest BCUT2D eigenvalue weighted by Crippen LogP contribution is 2.30. The molecule has 0 spiro atoms. The third-order valence-corrected chi connectivity index (χ3v) is 6.29. The smallest absolute Gasteiger partial charge is 0.410 e. The zero-order chi connectivity index (χ0) is 26.2. The molecule has 1 aliphatic heterocycles. The van der Waals surface area contributed by atoms with E-state index in [2.05, 4.69) is 0 Å². The van der Waals surface area contributed by atoms with Crippen LogP contribution in [0.25, 0.3) is 0 Å². The van der Waals surface area contributed by atoms with Gasteiger partial charge in [-0.25, -0.2) is 9.59 Å². The fraction of sp³-hybridized carbons (Fsp3) is 0.607. The predicted octanol–water partition coefficient (Wildman–Crippen LogP) is 4.99. The Morgan fingerprint density at radius 1 is 1.17 bits per heavy atom. The van der Waals surface area contributed by atoms with Gasteiger partial charge >= 0.3 is 12.1 Å². The molecule has 1 aliphatic rings. The van der Waals surface area contributed by atoms with Crippen LogP contribution in [0.5, 0.6) is 0 Å². The maximum atomic E-state index is 14.3. The molecule has 0 bridgehead atoms. The number of carbonyl (C=O) groups is 3. The summed E-state index contributed by atoms with van der Waals surface area (Å²) in [4.78, 5) is 43.6. The van der Waals surface area contributed by atoms with Gasteiger partial charge in [-0.3, -0.25) is 9.69 Å². The van der Waals surface area contributed by atoms with Crippen molar-refractivity contribution >= 4 is 18.0 Å². The van der Waals surface area contributed by atoms with Gasteiger partial charge in [-0.2, -0.15) is 0 Å². The first kappa shape index (κ1) is 28.4. The van der Waals surface area contributed by atoms with Crippen LogP contribution in [-0.2, 0) is 25.5 Å². The number of carbonyl (C=O) groups excluding carboxylic acids is 3. The number of amides is 2. The van der Waals surface area contributed by atoms with E-state index in [1.165, 1.54) is 12.0 Å². The fourth-order valence-electron chi connectivity index (χ4n) is 4.54. The quantitative estimate of drug-likeness (QED) is 0.363. The monoisotopic (exact) mass is 486 g/mol. The minimum Gasteiger partial charge on any atom is -0.467 e. The summed E-state index contributed by atoms with van der Waals surface area (Å²) >= 11 is 0. The summed E-state index contributed by atoms with van der Waals surface area (Å²) in [5, 5.41) is 0. The van der Waals surface area contributed by atoms with E-state index >= 15 is 0 Å². The van der Waals surface area contributed by atoms with Crippen molar-refractivity contribution in [1.29, 1.82) is 0 Å². The normalized spacial score (nSPS) is 19.9. The molecule has 0 saturated carbocycles. The topological polar surface area (TPSA) is 76.2 Å². The number of hydrogen-bond acceptors (Lipinski definition) is 5. The Labute approximate surface area is 210 Å². The second-order valence-corrected chi connectivity index (χ2v) is 10.2. The number of rotatable bonds is 9. The number of esters is 1. The van der Waals surface area contributed by atoms with Crippen molar-refractivity contribution in [3.8, 4) is 0 Å². The van der Waals surface area contributed by atoms with Crippen LogP contribution in [0.4, 0.5) is 4.79 Å². The maximum absolute atomic E-state index is 14.3. The van der Waals surface area contributed by atoms with Gasteiger partial charge in [0.2, 0.25) is 5.91 Å². The highest BCUT2D eigenvalue weighted by molar-refractivity contribution is 5.91. The van der Waals surface area contributed by atoms with Crippen molar-refractivity contribution in [3.63, 3.8) is 0 Å². The third-order valence-electron chi connectivity index (χ3n) is 6.29. The summed E-state index contributed by atoms with van der Waals surface area (Å²) in [6, 6.07) is 7.76. The van der Waals surface area contributed by atoms with Crippen LogP contribution < -0.4 is 0 Å². The molecule has 194 valence electrons. The van der Waals surface area contributed by atoms with Gasteiger partial charge in [-0.1, -0.05) is 63.3 Å². The molecule has 0 N–H and O–H groups in total. The molecule has 1 fully saturated rings. The first-order chi connectivity index (χ1) is 16.5. The lowest BCUT2D eigenvalue weighted by atomic mass is 9.96. The largest absolute Gasteiger partial charge is 0.467 e. The molecule has 4 atom stereocenters. The molecule has 0 radical (unpaired) electrons. The van der Waals surface area contributed by atoms with Gasteiger partial charge < -0.3 is 14.4 Å². The summed E-state index contributed by atoms with van der Waals surface area (Å²) in [5.74, 6) is -0.792. The van der Waals surface area contributed by atoms with Crippen molar-refractivity contribution in [1.82, 2.24) is 9.80 Å². The van der Waals surface area contributed by atoms with E-state index in [0.29, 0.717) is 25.8 Å². The van der Waals surface area contributed by atoms with Crippen LogP contribution in [0.1, 0.15) is 66.4 Å². The van der Waals surface area contributed by atoms with Gasteiger partial charge in [0.15, 0.2) is 0 Å². The Morgan fingerprint density at radius 2 is 1.83 bits per heavy atom. The fourth-order valence-corrected chi connectivity index (χ4v) is 4.54. The molecule has 1 saturated heterocycles. The molecule has 1 heterocycles. The van der Waals surface area contributed by atoms with Crippen LogP contribution in [-0.4, -0.2) is 65.2 Å². The van der Waals surface area contributed by atoms with Gasteiger partial charge in [0.05, 0.1) is 13.2 Å². The molecule has 1 aromatic rings. The predicted molar refractivity (Wildman–Crippen MR) is 137 cm³/mol. The van der Waals surface area contributed by atoms with E-state index in [1.54, 1.807) is 4.90 Å². The van der Waals surface area contributed by atoms with Crippen molar-refractivity contribution in [2.75, 3.05) is 13.7 Å².